The molecule has 2 aromatic heterocycles. The van der Waals surface area contributed by atoms with Gasteiger partial charge in [-0.3, -0.25) is 4.39 Å². The summed E-state index contributed by atoms with van der Waals surface area (Å²) in [4.78, 5) is 2.13. The average molecular weight is 235 g/mol. The third-order valence-electron chi connectivity index (χ3n) is 3.21. The van der Waals surface area contributed by atoms with Crippen LogP contribution in [-0.2, 0) is 0 Å². The van der Waals surface area contributed by atoms with E-state index in [1.807, 2.05) is 12.1 Å². The number of hydrogen-bond donors (Lipinski definition) is 0. The van der Waals surface area contributed by atoms with Crippen LogP contribution in [0.1, 0.15) is 12.8 Å². The monoisotopic (exact) mass is 235 g/mol. The molecular weight excluding hydrogens is 221 g/mol. The Hall–Kier alpha value is -1.72. The molecular formula is C11H14FN5. The Balaban J connectivity index is 1.86. The Bertz CT molecular complexity index is 511. The molecule has 5 nitrogen and oxygen atoms in total. The summed E-state index contributed by atoms with van der Waals surface area (Å²) in [6.45, 7) is 1.44. The largest absolute Gasteiger partial charge is 0.355 e. The van der Waals surface area contributed by atoms with Crippen molar-refractivity contribution in [1.82, 2.24) is 19.8 Å². The first-order valence-electron chi connectivity index (χ1n) is 5.85. The number of anilines is 1. The number of rotatable bonds is 2. The summed E-state index contributed by atoms with van der Waals surface area (Å²) < 4.78 is 14.3. The maximum Gasteiger partial charge on any atom is 0.177 e. The molecule has 0 spiro atoms. The molecule has 1 saturated heterocycles. The van der Waals surface area contributed by atoms with Crippen LogP contribution in [0, 0.1) is 5.92 Å². The average Bonchev–Trinajstić information content (AvgIpc) is 2.86. The first-order valence-corrected chi connectivity index (χ1v) is 5.85. The molecule has 17 heavy (non-hydrogen) atoms. The number of nitrogens with zero attached hydrogens (tertiary/aromatic N) is 5. The number of alkyl halides is 1. The van der Waals surface area contributed by atoms with Crippen LogP contribution in [0.3, 0.4) is 0 Å². The minimum absolute atomic E-state index is 0.141. The molecule has 1 unspecified atom stereocenters. The summed E-state index contributed by atoms with van der Waals surface area (Å²) in [5, 5.41) is 12.1. The number of hydrogen-bond acceptors (Lipinski definition) is 4. The highest BCUT2D eigenvalue weighted by atomic mass is 19.1. The van der Waals surface area contributed by atoms with E-state index in [0.29, 0.717) is 0 Å². The molecule has 1 fully saturated rings. The van der Waals surface area contributed by atoms with Crippen LogP contribution in [0.25, 0.3) is 5.65 Å². The van der Waals surface area contributed by atoms with Gasteiger partial charge >= 0.3 is 0 Å². The predicted octanol–water partition coefficient (Wildman–Crippen LogP) is 1.31. The summed E-state index contributed by atoms with van der Waals surface area (Å²) in [5.41, 5.74) is 0.729. The van der Waals surface area contributed by atoms with Gasteiger partial charge in [0.1, 0.15) is 12.1 Å². The molecule has 2 aromatic rings. The van der Waals surface area contributed by atoms with Gasteiger partial charge in [-0.05, 0) is 25.0 Å². The van der Waals surface area contributed by atoms with Crippen molar-refractivity contribution in [2.75, 3.05) is 24.7 Å². The van der Waals surface area contributed by atoms with E-state index in [1.165, 1.54) is 0 Å². The second kappa shape index (κ2) is 4.27. The zero-order valence-electron chi connectivity index (χ0n) is 9.46. The lowest BCUT2D eigenvalue weighted by atomic mass is 10.00. The van der Waals surface area contributed by atoms with E-state index < -0.39 is 0 Å². The van der Waals surface area contributed by atoms with Crippen LogP contribution in [0.5, 0.6) is 0 Å². The van der Waals surface area contributed by atoms with E-state index in [2.05, 4.69) is 20.2 Å². The van der Waals surface area contributed by atoms with Gasteiger partial charge in [0.2, 0.25) is 0 Å². The van der Waals surface area contributed by atoms with Crippen molar-refractivity contribution in [3.63, 3.8) is 0 Å². The molecule has 0 amide bonds. The fourth-order valence-electron chi connectivity index (χ4n) is 2.29. The second-order valence-corrected chi connectivity index (χ2v) is 4.43. The molecule has 0 aliphatic carbocycles. The van der Waals surface area contributed by atoms with Gasteiger partial charge in [-0.1, -0.05) is 0 Å². The zero-order chi connectivity index (χ0) is 11.7. The van der Waals surface area contributed by atoms with E-state index in [9.17, 15) is 4.39 Å². The predicted molar refractivity (Wildman–Crippen MR) is 61.7 cm³/mol. The van der Waals surface area contributed by atoms with Crippen LogP contribution in [0.2, 0.25) is 0 Å². The van der Waals surface area contributed by atoms with Gasteiger partial charge in [-0.15, -0.1) is 15.3 Å². The molecule has 1 aliphatic heterocycles. The highest BCUT2D eigenvalue weighted by Crippen LogP contribution is 2.21. The van der Waals surface area contributed by atoms with Crippen molar-refractivity contribution < 1.29 is 4.39 Å². The van der Waals surface area contributed by atoms with Gasteiger partial charge in [0.05, 0.1) is 6.67 Å². The van der Waals surface area contributed by atoms with Crippen molar-refractivity contribution in [2.45, 2.75) is 12.8 Å². The van der Waals surface area contributed by atoms with Gasteiger partial charge < -0.3 is 4.90 Å². The maximum absolute atomic E-state index is 12.7. The smallest absolute Gasteiger partial charge is 0.177 e. The van der Waals surface area contributed by atoms with E-state index >= 15 is 0 Å². The molecule has 0 saturated carbocycles. The highest BCUT2D eigenvalue weighted by Gasteiger charge is 2.21. The molecule has 1 atom stereocenters. The summed E-state index contributed by atoms with van der Waals surface area (Å²) in [6.07, 6.45) is 3.58. The van der Waals surface area contributed by atoms with Crippen molar-refractivity contribution in [3.05, 3.63) is 18.5 Å². The highest BCUT2D eigenvalue weighted by molar-refractivity contribution is 5.45. The van der Waals surface area contributed by atoms with Gasteiger partial charge in [-0.25, -0.2) is 0 Å². The van der Waals surface area contributed by atoms with Gasteiger partial charge in [-0.2, -0.15) is 4.52 Å². The summed E-state index contributed by atoms with van der Waals surface area (Å²) in [6, 6.07) is 3.80. The molecule has 3 heterocycles. The summed E-state index contributed by atoms with van der Waals surface area (Å²) >= 11 is 0. The lowest BCUT2D eigenvalue weighted by molar-refractivity contribution is 0.315. The Morgan fingerprint density at radius 3 is 3.24 bits per heavy atom. The molecule has 0 bridgehead atoms. The van der Waals surface area contributed by atoms with Crippen molar-refractivity contribution in [3.8, 4) is 0 Å². The topological polar surface area (TPSA) is 46.3 Å². The molecule has 0 N–H and O–H groups in total. The normalized spacial score (nSPS) is 21.0. The number of fused-ring (bicyclic) bond motifs is 1. The zero-order valence-corrected chi connectivity index (χ0v) is 9.46. The number of piperidine rings is 1. The third kappa shape index (κ3) is 1.94. The SMILES string of the molecule is FCC1CCCN(c2ccc3nncn3n2)C1. The summed E-state index contributed by atoms with van der Waals surface area (Å²) in [7, 11) is 0. The van der Waals surface area contributed by atoms with E-state index in [0.717, 1.165) is 37.4 Å². The lowest BCUT2D eigenvalue weighted by Crippen LogP contribution is -2.36. The standard InChI is InChI=1S/C11H14FN5/c12-6-9-2-1-5-16(7-9)11-4-3-10-14-13-8-17(10)15-11/h3-4,8-9H,1-2,5-7H2. The van der Waals surface area contributed by atoms with Crippen LogP contribution in [-0.4, -0.2) is 39.6 Å². The van der Waals surface area contributed by atoms with Crippen LogP contribution < -0.4 is 4.90 Å². The Labute approximate surface area is 98.3 Å². The van der Waals surface area contributed by atoms with Gasteiger partial charge in [0.15, 0.2) is 5.65 Å². The second-order valence-electron chi connectivity index (χ2n) is 4.43. The number of aromatic nitrogens is 4. The van der Waals surface area contributed by atoms with Crippen molar-refractivity contribution in [2.24, 2.45) is 5.92 Å². The van der Waals surface area contributed by atoms with Crippen LogP contribution in [0.4, 0.5) is 10.2 Å². The molecule has 90 valence electrons. The first kappa shape index (κ1) is 10.4. The van der Waals surface area contributed by atoms with E-state index in [1.54, 1.807) is 10.8 Å². The van der Waals surface area contributed by atoms with Gasteiger partial charge in [0, 0.05) is 19.0 Å². The maximum atomic E-state index is 12.7. The molecule has 3 rings (SSSR count). The van der Waals surface area contributed by atoms with Crippen LogP contribution >= 0.6 is 0 Å². The minimum atomic E-state index is -0.245. The Morgan fingerprint density at radius 2 is 2.35 bits per heavy atom. The van der Waals surface area contributed by atoms with E-state index in [4.69, 9.17) is 0 Å². The lowest BCUT2D eigenvalue weighted by Gasteiger charge is -2.32. The van der Waals surface area contributed by atoms with Gasteiger partial charge in [0.25, 0.3) is 0 Å². The van der Waals surface area contributed by atoms with Crippen molar-refractivity contribution in [1.29, 1.82) is 0 Å². The molecule has 0 aromatic carbocycles. The first-order chi connectivity index (χ1) is 8.36. The van der Waals surface area contributed by atoms with Crippen LogP contribution in [0.15, 0.2) is 18.5 Å². The third-order valence-corrected chi connectivity index (χ3v) is 3.21. The fraction of sp³-hybridized carbons (Fsp3) is 0.545. The Morgan fingerprint density at radius 1 is 1.41 bits per heavy atom. The minimum Gasteiger partial charge on any atom is -0.355 e. The van der Waals surface area contributed by atoms with E-state index in [-0.39, 0.29) is 12.6 Å². The quantitative estimate of drug-likeness (QED) is 0.787. The molecule has 1 aliphatic rings. The summed E-state index contributed by atoms with van der Waals surface area (Å²) in [5.74, 6) is 1.01. The molecule has 0 radical (unpaired) electrons. The number of halogens is 1. The Kier molecular flexibility index (Phi) is 2.62. The van der Waals surface area contributed by atoms with Crippen molar-refractivity contribution >= 4 is 11.5 Å². The fourth-order valence-corrected chi connectivity index (χ4v) is 2.29. The molecule has 6 heteroatoms.